The van der Waals surface area contributed by atoms with Crippen molar-refractivity contribution in [2.75, 3.05) is 19.0 Å². The summed E-state index contributed by atoms with van der Waals surface area (Å²) >= 11 is 5.12. The van der Waals surface area contributed by atoms with Crippen molar-refractivity contribution >= 4 is 28.9 Å². The summed E-state index contributed by atoms with van der Waals surface area (Å²) in [4.78, 5) is 11.8. The zero-order chi connectivity index (χ0) is 18.1. The summed E-state index contributed by atoms with van der Waals surface area (Å²) in [6.45, 7) is 2.27. The van der Waals surface area contributed by atoms with Gasteiger partial charge in [0, 0.05) is 5.69 Å². The van der Waals surface area contributed by atoms with Crippen molar-refractivity contribution in [3.63, 3.8) is 0 Å². The van der Waals surface area contributed by atoms with Gasteiger partial charge in [0.25, 0.3) is 0 Å². The van der Waals surface area contributed by atoms with Crippen molar-refractivity contribution in [1.29, 1.82) is 0 Å². The molecule has 6 nitrogen and oxygen atoms in total. The van der Waals surface area contributed by atoms with Crippen LogP contribution in [-0.2, 0) is 4.79 Å². The molecular weight excluding hydrogens is 338 g/mol. The number of hydrazine groups is 1. The van der Waals surface area contributed by atoms with E-state index >= 15 is 0 Å². The minimum atomic E-state index is -0.221. The number of amides is 1. The van der Waals surface area contributed by atoms with Gasteiger partial charge in [-0.2, -0.15) is 0 Å². The molecule has 1 amide bonds. The molecule has 2 aromatic rings. The Labute approximate surface area is 152 Å². The van der Waals surface area contributed by atoms with Gasteiger partial charge < -0.3 is 14.8 Å². The quantitative estimate of drug-likeness (QED) is 0.544. The number of aryl methyl sites for hydroxylation is 1. The van der Waals surface area contributed by atoms with Gasteiger partial charge in [0.1, 0.15) is 11.5 Å². The lowest BCUT2D eigenvalue weighted by Crippen LogP contribution is -2.44. The van der Waals surface area contributed by atoms with Crippen LogP contribution in [0.4, 0.5) is 5.69 Å². The van der Waals surface area contributed by atoms with Crippen molar-refractivity contribution in [1.82, 2.24) is 10.9 Å². The first-order chi connectivity index (χ1) is 12.1. The van der Waals surface area contributed by atoms with Gasteiger partial charge in [-0.1, -0.05) is 17.7 Å². The van der Waals surface area contributed by atoms with Gasteiger partial charge in [-0.05, 0) is 55.5 Å². The summed E-state index contributed by atoms with van der Waals surface area (Å²) < 4.78 is 10.6. The average Bonchev–Trinajstić information content (AvgIpc) is 2.62. The molecule has 0 aromatic heterocycles. The first-order valence-electron chi connectivity index (χ1n) is 7.76. The molecule has 2 rings (SSSR count). The highest BCUT2D eigenvalue weighted by Gasteiger charge is 2.03. The normalized spacial score (nSPS) is 9.84. The van der Waals surface area contributed by atoms with Gasteiger partial charge >= 0.3 is 0 Å². The minimum Gasteiger partial charge on any atom is -0.497 e. The third-order valence-corrected chi connectivity index (χ3v) is 3.49. The Balaban J connectivity index is 1.64. The first kappa shape index (κ1) is 18.5. The van der Waals surface area contributed by atoms with Crippen LogP contribution in [0.2, 0.25) is 0 Å². The van der Waals surface area contributed by atoms with E-state index < -0.39 is 0 Å². The highest BCUT2D eigenvalue weighted by Crippen LogP contribution is 2.16. The predicted octanol–water partition coefficient (Wildman–Crippen LogP) is 2.79. The Morgan fingerprint density at radius 1 is 1.00 bits per heavy atom. The molecule has 2 aromatic carbocycles. The molecule has 0 saturated heterocycles. The van der Waals surface area contributed by atoms with Crippen molar-refractivity contribution in [3.05, 3.63) is 54.1 Å². The number of hydrogen-bond acceptors (Lipinski definition) is 4. The molecule has 0 unspecified atom stereocenters. The lowest BCUT2D eigenvalue weighted by Gasteiger charge is -2.12. The van der Waals surface area contributed by atoms with Gasteiger partial charge in [-0.3, -0.25) is 15.6 Å². The second kappa shape index (κ2) is 9.48. The maximum Gasteiger partial charge on any atom is 0.241 e. The molecular formula is C18H21N3O3S. The Bertz CT molecular complexity index is 703. The molecule has 0 radical (unpaired) electrons. The third kappa shape index (κ3) is 6.68. The van der Waals surface area contributed by atoms with Crippen LogP contribution < -0.4 is 25.6 Å². The van der Waals surface area contributed by atoms with E-state index in [0.717, 1.165) is 17.0 Å². The van der Waals surface area contributed by atoms with Gasteiger partial charge in [-0.25, -0.2) is 0 Å². The number of rotatable bonds is 6. The van der Waals surface area contributed by atoms with Crippen LogP contribution in [0.25, 0.3) is 0 Å². The lowest BCUT2D eigenvalue weighted by molar-refractivity contribution is -0.122. The number of ether oxygens (including phenoxy) is 2. The van der Waals surface area contributed by atoms with Crippen LogP contribution in [0.15, 0.2) is 48.5 Å². The van der Waals surface area contributed by atoms with Crippen LogP contribution in [0.3, 0.4) is 0 Å². The number of anilines is 1. The van der Waals surface area contributed by atoms with Crippen LogP contribution in [-0.4, -0.2) is 24.7 Å². The van der Waals surface area contributed by atoms with E-state index in [-0.39, 0.29) is 18.9 Å². The van der Waals surface area contributed by atoms with Crippen molar-refractivity contribution in [3.8, 4) is 11.5 Å². The van der Waals surface area contributed by atoms with Crippen molar-refractivity contribution in [2.24, 2.45) is 0 Å². The number of nitrogens with one attached hydrogen (secondary N) is 3. The third-order valence-electron chi connectivity index (χ3n) is 3.28. The van der Waals surface area contributed by atoms with Crippen molar-refractivity contribution in [2.45, 2.75) is 13.3 Å². The number of carbonyl (C=O) groups excluding carboxylic acids is 1. The molecule has 0 saturated carbocycles. The Hall–Kier alpha value is -2.80. The Morgan fingerprint density at radius 3 is 2.28 bits per heavy atom. The maximum absolute atomic E-state index is 11.8. The smallest absolute Gasteiger partial charge is 0.241 e. The number of hydrogen-bond donors (Lipinski definition) is 3. The summed E-state index contributed by atoms with van der Waals surface area (Å²) in [5.74, 6) is 1.21. The van der Waals surface area contributed by atoms with Crippen LogP contribution in [0.5, 0.6) is 11.5 Å². The highest BCUT2D eigenvalue weighted by atomic mass is 32.1. The number of benzene rings is 2. The molecule has 0 aliphatic carbocycles. The largest absolute Gasteiger partial charge is 0.497 e. The summed E-state index contributed by atoms with van der Waals surface area (Å²) in [6.07, 6.45) is 0.201. The van der Waals surface area contributed by atoms with E-state index in [0.29, 0.717) is 10.9 Å². The second-order valence-corrected chi connectivity index (χ2v) is 5.68. The summed E-state index contributed by atoms with van der Waals surface area (Å²) in [7, 11) is 1.60. The van der Waals surface area contributed by atoms with Gasteiger partial charge in [0.05, 0.1) is 20.1 Å². The fraction of sp³-hybridized carbons (Fsp3) is 0.222. The highest BCUT2D eigenvalue weighted by molar-refractivity contribution is 7.80. The molecule has 0 atom stereocenters. The predicted molar refractivity (Wildman–Crippen MR) is 102 cm³/mol. The molecule has 25 heavy (non-hydrogen) atoms. The standard InChI is InChI=1S/C18H21N3O3S/c1-13-3-5-14(6-4-13)19-18(25)21-20-17(22)11-12-24-16-9-7-15(23-2)8-10-16/h3-10H,11-12H2,1-2H3,(H,20,22)(H2,19,21,25). The van der Waals surface area contributed by atoms with E-state index in [2.05, 4.69) is 16.2 Å². The molecule has 7 heteroatoms. The van der Waals surface area contributed by atoms with Crippen LogP contribution in [0, 0.1) is 6.92 Å². The zero-order valence-corrected chi connectivity index (χ0v) is 15.0. The van der Waals surface area contributed by atoms with Gasteiger partial charge in [0.15, 0.2) is 5.11 Å². The number of carbonyl (C=O) groups is 1. The number of methoxy groups -OCH3 is 1. The molecule has 0 fully saturated rings. The molecule has 3 N–H and O–H groups in total. The van der Waals surface area contributed by atoms with E-state index in [1.165, 1.54) is 0 Å². The van der Waals surface area contributed by atoms with E-state index in [9.17, 15) is 4.79 Å². The summed E-state index contributed by atoms with van der Waals surface area (Å²) in [5, 5.41) is 3.29. The summed E-state index contributed by atoms with van der Waals surface area (Å²) in [6, 6.07) is 14.9. The fourth-order valence-corrected chi connectivity index (χ4v) is 2.09. The minimum absolute atomic E-state index is 0.201. The molecule has 0 aliphatic rings. The van der Waals surface area contributed by atoms with Gasteiger partial charge in [-0.15, -0.1) is 0 Å². The fourth-order valence-electron chi connectivity index (χ4n) is 1.92. The Kier molecular flexibility index (Phi) is 7.03. The molecule has 0 heterocycles. The zero-order valence-electron chi connectivity index (χ0n) is 14.2. The van der Waals surface area contributed by atoms with Crippen molar-refractivity contribution < 1.29 is 14.3 Å². The van der Waals surface area contributed by atoms with Crippen LogP contribution >= 0.6 is 12.2 Å². The summed E-state index contributed by atoms with van der Waals surface area (Å²) in [5.41, 5.74) is 7.19. The molecule has 0 spiro atoms. The average molecular weight is 359 g/mol. The monoisotopic (exact) mass is 359 g/mol. The topological polar surface area (TPSA) is 71.6 Å². The lowest BCUT2D eigenvalue weighted by atomic mass is 10.2. The SMILES string of the molecule is COc1ccc(OCCC(=O)NNC(=S)Nc2ccc(C)cc2)cc1. The Morgan fingerprint density at radius 2 is 1.64 bits per heavy atom. The molecule has 0 aliphatic heterocycles. The molecule has 0 bridgehead atoms. The van der Waals surface area contributed by atoms with Gasteiger partial charge in [0.2, 0.25) is 5.91 Å². The maximum atomic E-state index is 11.8. The second-order valence-electron chi connectivity index (χ2n) is 5.27. The van der Waals surface area contributed by atoms with E-state index in [1.807, 2.05) is 31.2 Å². The van der Waals surface area contributed by atoms with Crippen LogP contribution in [0.1, 0.15) is 12.0 Å². The van der Waals surface area contributed by atoms with E-state index in [4.69, 9.17) is 21.7 Å². The molecule has 132 valence electrons. The first-order valence-corrected chi connectivity index (χ1v) is 8.17. The van der Waals surface area contributed by atoms with E-state index in [1.54, 1.807) is 31.4 Å². The number of thiocarbonyl (C=S) groups is 1.